The highest BCUT2D eigenvalue weighted by Crippen LogP contribution is 2.28. The summed E-state index contributed by atoms with van der Waals surface area (Å²) in [6.07, 6.45) is 1.99. The monoisotopic (exact) mass is 281 g/mol. The normalized spacial score (nSPS) is 18.5. The minimum Gasteiger partial charge on any atom is -0.475 e. The van der Waals surface area contributed by atoms with E-state index in [1.165, 1.54) is 0 Å². The maximum Gasteiger partial charge on any atom is 0.218 e. The molecule has 0 aliphatic carbocycles. The Balaban J connectivity index is 2.14. The van der Waals surface area contributed by atoms with Crippen LogP contribution in [0.2, 0.25) is 0 Å². The van der Waals surface area contributed by atoms with Crippen LogP contribution in [0.15, 0.2) is 6.07 Å². The van der Waals surface area contributed by atoms with Gasteiger partial charge < -0.3 is 19.5 Å². The molecule has 0 aromatic carbocycles. The molecule has 1 unspecified atom stereocenters. The molecule has 112 valence electrons. The first-order chi connectivity index (χ1) is 9.69. The van der Waals surface area contributed by atoms with Gasteiger partial charge in [-0.15, -0.1) is 0 Å². The number of aromatic nitrogens is 2. The van der Waals surface area contributed by atoms with Crippen LogP contribution in [0.4, 0.5) is 5.82 Å². The molecule has 0 bridgehead atoms. The van der Waals surface area contributed by atoms with Crippen LogP contribution in [0.5, 0.6) is 5.88 Å². The highest BCUT2D eigenvalue weighted by molar-refractivity contribution is 5.39. The number of ether oxygens (including phenoxy) is 3. The highest BCUT2D eigenvalue weighted by atomic mass is 16.5. The van der Waals surface area contributed by atoms with Gasteiger partial charge in [-0.05, 0) is 26.7 Å². The summed E-state index contributed by atoms with van der Waals surface area (Å²) in [5.74, 6) is 2.03. The Hall–Kier alpha value is -1.40. The van der Waals surface area contributed by atoms with E-state index in [0.29, 0.717) is 31.0 Å². The van der Waals surface area contributed by atoms with Crippen molar-refractivity contribution in [1.82, 2.24) is 9.97 Å². The van der Waals surface area contributed by atoms with Gasteiger partial charge >= 0.3 is 0 Å². The van der Waals surface area contributed by atoms with Crippen LogP contribution < -0.4 is 10.1 Å². The average molecular weight is 281 g/mol. The van der Waals surface area contributed by atoms with E-state index in [1.54, 1.807) is 7.11 Å². The summed E-state index contributed by atoms with van der Waals surface area (Å²) in [6, 6.07) is 2.11. The van der Waals surface area contributed by atoms with Crippen LogP contribution in [0.3, 0.4) is 0 Å². The van der Waals surface area contributed by atoms with E-state index in [4.69, 9.17) is 14.2 Å². The average Bonchev–Trinajstić information content (AvgIpc) is 2.92. The van der Waals surface area contributed by atoms with Crippen LogP contribution in [0.1, 0.15) is 38.6 Å². The molecular weight excluding hydrogens is 258 g/mol. The van der Waals surface area contributed by atoms with Gasteiger partial charge in [0.1, 0.15) is 18.5 Å². The largest absolute Gasteiger partial charge is 0.475 e. The smallest absolute Gasteiger partial charge is 0.218 e. The molecular formula is C14H23N3O3. The van der Waals surface area contributed by atoms with E-state index >= 15 is 0 Å². The molecule has 0 saturated carbocycles. The molecule has 0 amide bonds. The van der Waals surface area contributed by atoms with E-state index < -0.39 is 0 Å². The third kappa shape index (κ3) is 4.31. The first kappa shape index (κ1) is 15.0. The lowest BCUT2D eigenvalue weighted by Gasteiger charge is -2.15. The second-order valence-corrected chi connectivity index (χ2v) is 5.09. The van der Waals surface area contributed by atoms with Crippen LogP contribution >= 0.6 is 0 Å². The van der Waals surface area contributed by atoms with Crippen molar-refractivity contribution < 1.29 is 14.2 Å². The fraction of sp³-hybridized carbons (Fsp3) is 0.714. The van der Waals surface area contributed by atoms with Crippen molar-refractivity contribution in [2.45, 2.75) is 38.8 Å². The molecule has 6 heteroatoms. The van der Waals surface area contributed by atoms with E-state index in [1.807, 2.05) is 6.07 Å². The molecule has 1 saturated heterocycles. The number of rotatable bonds is 7. The van der Waals surface area contributed by atoms with Crippen molar-refractivity contribution >= 4 is 5.82 Å². The minimum absolute atomic E-state index is 0.0197. The lowest BCUT2D eigenvalue weighted by molar-refractivity contribution is 0.103. The van der Waals surface area contributed by atoms with Gasteiger partial charge in [0.05, 0.1) is 6.61 Å². The zero-order valence-electron chi connectivity index (χ0n) is 12.4. The van der Waals surface area contributed by atoms with Crippen LogP contribution in [0, 0.1) is 0 Å². The lowest BCUT2D eigenvalue weighted by Crippen LogP contribution is -2.15. The molecule has 1 aliphatic heterocycles. The highest BCUT2D eigenvalue weighted by Gasteiger charge is 2.22. The summed E-state index contributed by atoms with van der Waals surface area (Å²) in [6.45, 7) is 5.92. The molecule has 1 atom stereocenters. The number of anilines is 1. The molecule has 1 aliphatic rings. The minimum atomic E-state index is -0.0197. The Bertz CT molecular complexity index is 420. The summed E-state index contributed by atoms with van der Waals surface area (Å²) in [7, 11) is 1.65. The second kappa shape index (κ2) is 7.40. The number of hydrogen-bond acceptors (Lipinski definition) is 6. The van der Waals surface area contributed by atoms with Crippen molar-refractivity contribution in [2.24, 2.45) is 0 Å². The fourth-order valence-electron chi connectivity index (χ4n) is 2.04. The third-order valence-corrected chi connectivity index (χ3v) is 2.91. The van der Waals surface area contributed by atoms with Crippen molar-refractivity contribution in [1.29, 1.82) is 0 Å². The molecule has 20 heavy (non-hydrogen) atoms. The summed E-state index contributed by atoms with van der Waals surface area (Å²) < 4.78 is 16.2. The SMILES string of the molecule is COCCOc1cc(NC(C)C)nc(C2CCCO2)n1. The van der Waals surface area contributed by atoms with E-state index in [0.717, 1.165) is 25.3 Å². The maximum absolute atomic E-state index is 5.65. The van der Waals surface area contributed by atoms with E-state index in [9.17, 15) is 0 Å². The summed E-state index contributed by atoms with van der Waals surface area (Å²) in [5, 5.41) is 3.28. The van der Waals surface area contributed by atoms with Crippen molar-refractivity contribution in [3.8, 4) is 5.88 Å². The quantitative estimate of drug-likeness (QED) is 0.773. The van der Waals surface area contributed by atoms with Gasteiger partial charge in [0.2, 0.25) is 5.88 Å². The van der Waals surface area contributed by atoms with Crippen LogP contribution in [-0.2, 0) is 9.47 Å². The van der Waals surface area contributed by atoms with Crippen LogP contribution in [-0.4, -0.2) is 42.9 Å². The number of nitrogens with zero attached hydrogens (tertiary/aromatic N) is 2. The Kier molecular flexibility index (Phi) is 5.55. The number of hydrogen-bond donors (Lipinski definition) is 1. The Morgan fingerprint density at radius 3 is 2.90 bits per heavy atom. The molecule has 2 rings (SSSR count). The molecule has 1 aromatic heterocycles. The third-order valence-electron chi connectivity index (χ3n) is 2.91. The maximum atomic E-state index is 5.65. The molecule has 6 nitrogen and oxygen atoms in total. The summed E-state index contributed by atoms with van der Waals surface area (Å²) in [4.78, 5) is 8.97. The molecule has 1 N–H and O–H groups in total. The lowest BCUT2D eigenvalue weighted by atomic mass is 10.2. The number of nitrogens with one attached hydrogen (secondary N) is 1. The van der Waals surface area contributed by atoms with Crippen molar-refractivity contribution in [3.05, 3.63) is 11.9 Å². The zero-order valence-corrected chi connectivity index (χ0v) is 12.4. The molecule has 0 radical (unpaired) electrons. The molecule has 0 spiro atoms. The molecule has 1 fully saturated rings. The second-order valence-electron chi connectivity index (χ2n) is 5.09. The predicted molar refractivity (Wildman–Crippen MR) is 76.1 cm³/mol. The van der Waals surface area contributed by atoms with Gasteiger partial charge in [0.15, 0.2) is 5.82 Å². The molecule has 2 heterocycles. The van der Waals surface area contributed by atoms with Gasteiger partial charge in [0, 0.05) is 25.8 Å². The Morgan fingerprint density at radius 2 is 2.25 bits per heavy atom. The topological polar surface area (TPSA) is 65.5 Å². The van der Waals surface area contributed by atoms with Gasteiger partial charge in [-0.2, -0.15) is 4.98 Å². The molecule has 1 aromatic rings. The fourth-order valence-corrected chi connectivity index (χ4v) is 2.04. The first-order valence-electron chi connectivity index (χ1n) is 7.08. The number of methoxy groups -OCH3 is 1. The predicted octanol–water partition coefficient (Wildman–Crippen LogP) is 2.17. The standard InChI is InChI=1S/C14H23N3O3/c1-10(2)15-12-9-13(20-8-7-18-3)17-14(16-12)11-5-4-6-19-11/h9-11H,4-8H2,1-3H3,(H,15,16,17). The Morgan fingerprint density at radius 1 is 1.40 bits per heavy atom. The van der Waals surface area contributed by atoms with E-state index in [-0.39, 0.29) is 6.10 Å². The zero-order chi connectivity index (χ0) is 14.4. The van der Waals surface area contributed by atoms with Crippen LogP contribution in [0.25, 0.3) is 0 Å². The van der Waals surface area contributed by atoms with Gasteiger partial charge in [0.25, 0.3) is 0 Å². The van der Waals surface area contributed by atoms with Gasteiger partial charge in [-0.3, -0.25) is 0 Å². The first-order valence-corrected chi connectivity index (χ1v) is 7.08. The van der Waals surface area contributed by atoms with Crippen molar-refractivity contribution in [3.63, 3.8) is 0 Å². The summed E-state index contributed by atoms with van der Waals surface area (Å²) >= 11 is 0. The van der Waals surface area contributed by atoms with E-state index in [2.05, 4.69) is 29.1 Å². The Labute approximate surface area is 119 Å². The van der Waals surface area contributed by atoms with Gasteiger partial charge in [-0.25, -0.2) is 4.98 Å². The van der Waals surface area contributed by atoms with Crippen molar-refractivity contribution in [2.75, 3.05) is 32.2 Å². The summed E-state index contributed by atoms with van der Waals surface area (Å²) in [5.41, 5.74) is 0. The van der Waals surface area contributed by atoms with Gasteiger partial charge in [-0.1, -0.05) is 0 Å².